The molecule has 0 saturated carbocycles. The smallest absolute Gasteiger partial charge is 0.186 e. The van der Waals surface area contributed by atoms with Crippen molar-refractivity contribution in [2.75, 3.05) is 0 Å². The zero-order chi connectivity index (χ0) is 8.77. The van der Waals surface area contributed by atoms with E-state index in [1.807, 2.05) is 13.8 Å². The second kappa shape index (κ2) is 2.19. The number of nitrogens with one attached hydrogen (secondary N) is 1. The molecule has 1 aromatic rings. The molecule has 0 amide bonds. The molecule has 0 aromatic carbocycles. The molecule has 2 rings (SSSR count). The van der Waals surface area contributed by atoms with Gasteiger partial charge in [-0.1, -0.05) is 13.8 Å². The number of aromatic amines is 1. The van der Waals surface area contributed by atoms with Gasteiger partial charge >= 0.3 is 0 Å². The van der Waals surface area contributed by atoms with E-state index in [0.717, 1.165) is 18.4 Å². The Labute approximate surface area is 71.2 Å². The van der Waals surface area contributed by atoms with Gasteiger partial charge in [-0.15, -0.1) is 0 Å². The van der Waals surface area contributed by atoms with Gasteiger partial charge in [0.25, 0.3) is 0 Å². The lowest BCUT2D eigenvalue weighted by Gasteiger charge is -2.26. The molecule has 1 aliphatic rings. The molecule has 3 heteroatoms. The lowest BCUT2D eigenvalue weighted by Crippen LogP contribution is -2.30. The van der Waals surface area contributed by atoms with Gasteiger partial charge < -0.3 is 0 Å². The molecule has 0 aliphatic heterocycles. The van der Waals surface area contributed by atoms with Gasteiger partial charge in [-0.3, -0.25) is 9.89 Å². The number of hydrogen-bond acceptors (Lipinski definition) is 2. The van der Waals surface area contributed by atoms with Gasteiger partial charge in [-0.25, -0.2) is 0 Å². The van der Waals surface area contributed by atoms with Crippen molar-refractivity contribution in [1.82, 2.24) is 10.2 Å². The summed E-state index contributed by atoms with van der Waals surface area (Å²) in [5.41, 5.74) is 1.57. The maximum Gasteiger partial charge on any atom is 0.186 e. The number of H-pyrrole nitrogens is 1. The summed E-state index contributed by atoms with van der Waals surface area (Å²) in [6.45, 7) is 3.97. The van der Waals surface area contributed by atoms with E-state index in [4.69, 9.17) is 0 Å². The topological polar surface area (TPSA) is 45.8 Å². The first-order valence-electron chi connectivity index (χ1n) is 4.18. The molecule has 0 unspecified atom stereocenters. The minimum atomic E-state index is -0.209. The molecule has 0 bridgehead atoms. The van der Waals surface area contributed by atoms with Crippen LogP contribution in [0.1, 0.15) is 36.3 Å². The van der Waals surface area contributed by atoms with E-state index in [9.17, 15) is 4.79 Å². The molecule has 12 heavy (non-hydrogen) atoms. The second-order valence-electron chi connectivity index (χ2n) is 3.98. The van der Waals surface area contributed by atoms with Crippen molar-refractivity contribution in [2.24, 2.45) is 5.41 Å². The molecule has 3 nitrogen and oxygen atoms in total. The average Bonchev–Trinajstić information content (AvgIpc) is 2.45. The summed E-state index contributed by atoms with van der Waals surface area (Å²) in [7, 11) is 0. The molecular weight excluding hydrogens is 152 g/mol. The Morgan fingerprint density at radius 3 is 3.08 bits per heavy atom. The van der Waals surface area contributed by atoms with Crippen LogP contribution in [-0.4, -0.2) is 16.0 Å². The van der Waals surface area contributed by atoms with Gasteiger partial charge in [-0.05, 0) is 12.8 Å². The number of carbonyl (C=O) groups is 1. The molecule has 0 atom stereocenters. The van der Waals surface area contributed by atoms with Crippen LogP contribution in [0.3, 0.4) is 0 Å². The quantitative estimate of drug-likeness (QED) is 0.632. The highest BCUT2D eigenvalue weighted by molar-refractivity contribution is 6.00. The van der Waals surface area contributed by atoms with Crippen molar-refractivity contribution in [3.05, 3.63) is 17.5 Å². The molecular formula is C9H12N2O. The van der Waals surface area contributed by atoms with Crippen LogP contribution in [0.2, 0.25) is 0 Å². The van der Waals surface area contributed by atoms with E-state index in [1.165, 1.54) is 0 Å². The van der Waals surface area contributed by atoms with Gasteiger partial charge in [0, 0.05) is 11.0 Å². The van der Waals surface area contributed by atoms with Crippen LogP contribution in [0.5, 0.6) is 0 Å². The second-order valence-corrected chi connectivity index (χ2v) is 3.98. The Hall–Kier alpha value is -1.12. The molecule has 0 spiro atoms. The summed E-state index contributed by atoms with van der Waals surface area (Å²) in [5, 5.41) is 6.64. The molecule has 64 valence electrons. The van der Waals surface area contributed by atoms with Crippen LogP contribution in [0, 0.1) is 5.41 Å². The number of rotatable bonds is 0. The Morgan fingerprint density at radius 2 is 2.33 bits per heavy atom. The summed E-state index contributed by atoms with van der Waals surface area (Å²) in [4.78, 5) is 11.7. The number of ketones is 1. The zero-order valence-electron chi connectivity index (χ0n) is 7.35. The summed E-state index contributed by atoms with van der Waals surface area (Å²) in [6.07, 6.45) is 3.64. The highest BCUT2D eigenvalue weighted by Gasteiger charge is 2.35. The normalized spacial score (nSPS) is 20.7. The number of nitrogens with zero attached hydrogens (tertiary/aromatic N) is 1. The Kier molecular flexibility index (Phi) is 1.37. The van der Waals surface area contributed by atoms with Crippen LogP contribution in [-0.2, 0) is 6.42 Å². The standard InChI is InChI=1S/C9H12N2O/c1-9(2)4-3-6-5-10-11-7(6)8(9)12/h5H,3-4H2,1-2H3,(H,10,11). The van der Waals surface area contributed by atoms with Gasteiger partial charge in [0.05, 0.1) is 6.20 Å². The summed E-state index contributed by atoms with van der Waals surface area (Å²) < 4.78 is 0. The van der Waals surface area contributed by atoms with Crippen LogP contribution >= 0.6 is 0 Å². The maximum absolute atomic E-state index is 11.7. The third-order valence-electron chi connectivity index (χ3n) is 2.58. The minimum absolute atomic E-state index is 0.196. The van der Waals surface area contributed by atoms with Crippen molar-refractivity contribution in [2.45, 2.75) is 26.7 Å². The van der Waals surface area contributed by atoms with E-state index in [2.05, 4.69) is 10.2 Å². The van der Waals surface area contributed by atoms with Crippen LogP contribution < -0.4 is 0 Å². The van der Waals surface area contributed by atoms with Crippen molar-refractivity contribution < 1.29 is 4.79 Å². The van der Waals surface area contributed by atoms with E-state index < -0.39 is 0 Å². The number of carbonyl (C=O) groups excluding carboxylic acids is 1. The number of fused-ring (bicyclic) bond motifs is 1. The van der Waals surface area contributed by atoms with E-state index in [1.54, 1.807) is 6.20 Å². The molecule has 1 aliphatic carbocycles. The third kappa shape index (κ3) is 0.891. The predicted octanol–water partition coefficient (Wildman–Crippen LogP) is 1.56. The van der Waals surface area contributed by atoms with Crippen molar-refractivity contribution in [3.63, 3.8) is 0 Å². The third-order valence-corrected chi connectivity index (χ3v) is 2.58. The van der Waals surface area contributed by atoms with Gasteiger partial charge in [0.15, 0.2) is 5.78 Å². The highest BCUT2D eigenvalue weighted by atomic mass is 16.1. The van der Waals surface area contributed by atoms with Crippen molar-refractivity contribution in [3.8, 4) is 0 Å². The minimum Gasteiger partial charge on any atom is -0.292 e. The van der Waals surface area contributed by atoms with E-state index in [-0.39, 0.29) is 11.2 Å². The Balaban J connectivity index is 2.49. The molecule has 0 saturated heterocycles. The monoisotopic (exact) mass is 164 g/mol. The molecule has 0 fully saturated rings. The van der Waals surface area contributed by atoms with Gasteiger partial charge in [-0.2, -0.15) is 5.10 Å². The first-order chi connectivity index (χ1) is 5.61. The fraction of sp³-hybridized carbons (Fsp3) is 0.556. The summed E-state index contributed by atoms with van der Waals surface area (Å²) in [5.74, 6) is 0.196. The fourth-order valence-electron chi connectivity index (χ4n) is 1.60. The van der Waals surface area contributed by atoms with Crippen molar-refractivity contribution in [1.29, 1.82) is 0 Å². The van der Waals surface area contributed by atoms with Crippen LogP contribution in [0.15, 0.2) is 6.20 Å². The Morgan fingerprint density at radius 1 is 1.58 bits per heavy atom. The predicted molar refractivity (Wildman–Crippen MR) is 45.0 cm³/mol. The Bertz CT molecular complexity index is 325. The molecule has 0 radical (unpaired) electrons. The summed E-state index contributed by atoms with van der Waals surface area (Å²) in [6, 6.07) is 0. The van der Waals surface area contributed by atoms with Crippen molar-refractivity contribution >= 4 is 5.78 Å². The zero-order valence-corrected chi connectivity index (χ0v) is 7.35. The van der Waals surface area contributed by atoms with Crippen LogP contribution in [0.4, 0.5) is 0 Å². The molecule has 1 heterocycles. The first kappa shape index (κ1) is 7.53. The van der Waals surface area contributed by atoms with Crippen LogP contribution in [0.25, 0.3) is 0 Å². The number of hydrogen-bond donors (Lipinski definition) is 1. The number of aromatic nitrogens is 2. The summed E-state index contributed by atoms with van der Waals surface area (Å²) >= 11 is 0. The maximum atomic E-state index is 11.7. The van der Waals surface area contributed by atoms with E-state index >= 15 is 0 Å². The van der Waals surface area contributed by atoms with Gasteiger partial charge in [0.2, 0.25) is 0 Å². The lowest BCUT2D eigenvalue weighted by molar-refractivity contribution is 0.0805. The fourth-order valence-corrected chi connectivity index (χ4v) is 1.60. The lowest BCUT2D eigenvalue weighted by atomic mass is 9.76. The first-order valence-corrected chi connectivity index (χ1v) is 4.18. The molecule has 1 N–H and O–H groups in total. The largest absolute Gasteiger partial charge is 0.292 e. The molecule has 1 aromatic heterocycles. The SMILES string of the molecule is CC1(C)CCc2cn[nH]c2C1=O. The number of aryl methyl sites for hydroxylation is 1. The highest BCUT2D eigenvalue weighted by Crippen LogP contribution is 2.33. The average molecular weight is 164 g/mol. The number of Topliss-reactive ketones (excluding diaryl/α,β-unsaturated/α-hetero) is 1. The van der Waals surface area contributed by atoms with E-state index in [0.29, 0.717) is 5.69 Å². The van der Waals surface area contributed by atoms with Gasteiger partial charge in [0.1, 0.15) is 5.69 Å².